The van der Waals surface area contributed by atoms with Gasteiger partial charge in [0.15, 0.2) is 0 Å². The molecule has 0 spiro atoms. The first-order chi connectivity index (χ1) is 8.44. The molecule has 4 heteroatoms. The molecule has 1 aliphatic carbocycles. The summed E-state index contributed by atoms with van der Waals surface area (Å²) in [5, 5.41) is 0. The summed E-state index contributed by atoms with van der Waals surface area (Å²) in [5.74, 6) is 0.996. The van der Waals surface area contributed by atoms with Crippen LogP contribution >= 0.6 is 24.8 Å². The normalized spacial score (nSPS) is 16.4. The third-order valence-corrected chi connectivity index (χ3v) is 6.48. The number of hydrogen-bond acceptors (Lipinski definition) is 1. The van der Waals surface area contributed by atoms with Crippen LogP contribution in [0.2, 0.25) is 0 Å². The van der Waals surface area contributed by atoms with Gasteiger partial charge >= 0.3 is 120 Å². The van der Waals surface area contributed by atoms with Crippen LogP contribution in [0.25, 0.3) is 0 Å². The molecule has 1 aromatic carbocycles. The topological polar surface area (TPSA) is 9.23 Å². The summed E-state index contributed by atoms with van der Waals surface area (Å²) in [7, 11) is 0. The van der Waals surface area contributed by atoms with E-state index in [-0.39, 0.29) is 30.2 Å². The fraction of sp³-hybridized carbons (Fsp3) is 0.375. The van der Waals surface area contributed by atoms with Crippen LogP contribution in [0.4, 0.5) is 0 Å². The van der Waals surface area contributed by atoms with E-state index in [1.54, 1.807) is 0 Å². The first-order valence-corrected chi connectivity index (χ1v) is 7.74. The Balaban J connectivity index is 0.00000180. The third kappa shape index (κ3) is 3.71. The Bertz CT molecular complexity index is 519. The number of para-hydroxylation sites is 1. The van der Waals surface area contributed by atoms with Gasteiger partial charge in [0.25, 0.3) is 0 Å². The zero-order chi connectivity index (χ0) is 13.3. The maximum atomic E-state index is 6.03. The van der Waals surface area contributed by atoms with Crippen molar-refractivity contribution < 1.29 is 22.9 Å². The van der Waals surface area contributed by atoms with Crippen LogP contribution in [0.15, 0.2) is 50.9 Å². The molecular formula is C16H22Cl2OTi. The van der Waals surface area contributed by atoms with Gasteiger partial charge in [0.2, 0.25) is 0 Å². The number of hydrogen-bond donors (Lipinski definition) is 0. The monoisotopic (exact) mass is 348 g/mol. The molecule has 1 aliphatic rings. The van der Waals surface area contributed by atoms with Gasteiger partial charge in [-0.1, -0.05) is 0 Å². The van der Waals surface area contributed by atoms with Gasteiger partial charge < -0.3 is 0 Å². The molecule has 0 fully saturated rings. The number of halogens is 2. The standard InChI is InChI=1S/C10H15.C6H6O.2ClH.Ti/c1-7-6-10(4,5)9(3)8(7)2;7-6-4-2-1-3-5-6;;;/h1-5H3;1-5,7H;2*1H;/q;;;;+1/p-1. The summed E-state index contributed by atoms with van der Waals surface area (Å²) >= 11 is -0.551. The summed E-state index contributed by atoms with van der Waals surface area (Å²) < 4.78 is 7.56. The SMILES string of the molecule is CC1=C(C)C(C)(C)[C]([Ti][O]c2ccccc2)=C1C.Cl.Cl. The number of rotatable bonds is 3. The van der Waals surface area contributed by atoms with Crippen LogP contribution < -0.4 is 3.32 Å². The maximum Gasteiger partial charge on any atom is -0.147 e. The molecule has 110 valence electrons. The van der Waals surface area contributed by atoms with Crippen LogP contribution in [0.3, 0.4) is 0 Å². The Morgan fingerprint density at radius 1 is 0.900 bits per heavy atom. The predicted octanol–water partition coefficient (Wildman–Crippen LogP) is 5.56. The van der Waals surface area contributed by atoms with Crippen LogP contribution in [0.5, 0.6) is 5.75 Å². The minimum absolute atomic E-state index is 0. The van der Waals surface area contributed by atoms with E-state index in [4.69, 9.17) is 3.32 Å². The molecule has 0 atom stereocenters. The zero-order valence-corrected chi connectivity index (χ0v) is 15.8. The van der Waals surface area contributed by atoms with Crippen molar-refractivity contribution in [3.63, 3.8) is 0 Å². The molecule has 0 amide bonds. The summed E-state index contributed by atoms with van der Waals surface area (Å²) in [6, 6.07) is 10.1. The molecule has 20 heavy (non-hydrogen) atoms. The predicted molar refractivity (Wildman–Crippen MR) is 86.4 cm³/mol. The Morgan fingerprint density at radius 2 is 1.45 bits per heavy atom. The Morgan fingerprint density at radius 3 is 1.90 bits per heavy atom. The molecule has 2 rings (SSSR count). The van der Waals surface area contributed by atoms with E-state index in [2.05, 4.69) is 34.6 Å². The molecular weight excluding hydrogens is 327 g/mol. The third-order valence-electron chi connectivity index (χ3n) is 4.08. The van der Waals surface area contributed by atoms with Crippen LogP contribution in [-0.4, -0.2) is 0 Å². The molecule has 0 aromatic heterocycles. The molecule has 0 aliphatic heterocycles. The van der Waals surface area contributed by atoms with Gasteiger partial charge in [0.05, 0.1) is 0 Å². The smallest absolute Gasteiger partial charge is 0.147 e. The first kappa shape index (κ1) is 19.8. The average Bonchev–Trinajstić information content (AvgIpc) is 2.50. The molecule has 1 nitrogen and oxygen atoms in total. The van der Waals surface area contributed by atoms with E-state index in [9.17, 15) is 0 Å². The molecule has 0 saturated carbocycles. The van der Waals surface area contributed by atoms with Crippen molar-refractivity contribution in [3.8, 4) is 5.75 Å². The minimum Gasteiger partial charge on any atom is -0.147 e. The molecule has 0 unspecified atom stereocenters. The first-order valence-electron chi connectivity index (χ1n) is 6.32. The van der Waals surface area contributed by atoms with Crippen molar-refractivity contribution in [2.75, 3.05) is 0 Å². The van der Waals surface area contributed by atoms with Gasteiger partial charge in [-0.25, -0.2) is 0 Å². The van der Waals surface area contributed by atoms with Crippen molar-refractivity contribution in [3.05, 3.63) is 50.9 Å². The fourth-order valence-electron chi connectivity index (χ4n) is 2.40. The molecule has 1 aromatic rings. The van der Waals surface area contributed by atoms with Gasteiger partial charge in [0, 0.05) is 0 Å². The summed E-state index contributed by atoms with van der Waals surface area (Å²) in [6.45, 7) is 11.3. The Labute approximate surface area is 144 Å². The average molecular weight is 349 g/mol. The van der Waals surface area contributed by atoms with Crippen molar-refractivity contribution in [2.24, 2.45) is 5.41 Å². The maximum absolute atomic E-state index is 6.03. The van der Waals surface area contributed by atoms with Crippen LogP contribution in [0, 0.1) is 5.41 Å². The zero-order valence-electron chi connectivity index (χ0n) is 12.6. The van der Waals surface area contributed by atoms with Crippen molar-refractivity contribution in [1.29, 1.82) is 0 Å². The number of benzene rings is 1. The molecule has 0 radical (unpaired) electrons. The second kappa shape index (κ2) is 7.70. The van der Waals surface area contributed by atoms with E-state index in [0.717, 1.165) is 5.75 Å². The fourth-order valence-corrected chi connectivity index (χ4v) is 4.18. The molecule has 0 heterocycles. The van der Waals surface area contributed by atoms with Crippen molar-refractivity contribution in [2.45, 2.75) is 34.6 Å². The van der Waals surface area contributed by atoms with Gasteiger partial charge in [-0.15, -0.1) is 24.8 Å². The second-order valence-electron chi connectivity index (χ2n) is 5.39. The summed E-state index contributed by atoms with van der Waals surface area (Å²) in [6.07, 6.45) is 0. The molecule has 0 saturated heterocycles. The van der Waals surface area contributed by atoms with Crippen LogP contribution in [-0.2, 0) is 19.5 Å². The van der Waals surface area contributed by atoms with Crippen LogP contribution in [0.1, 0.15) is 34.6 Å². The Kier molecular flexibility index (Phi) is 7.62. The van der Waals surface area contributed by atoms with Gasteiger partial charge in [-0.05, 0) is 0 Å². The Hall–Kier alpha value is -0.206. The quantitative estimate of drug-likeness (QED) is 0.650. The van der Waals surface area contributed by atoms with Gasteiger partial charge in [-0.3, -0.25) is 0 Å². The minimum atomic E-state index is -0.551. The van der Waals surface area contributed by atoms with Gasteiger partial charge in [-0.2, -0.15) is 0 Å². The van der Waals surface area contributed by atoms with Crippen molar-refractivity contribution >= 4 is 24.8 Å². The second-order valence-corrected chi connectivity index (χ2v) is 6.81. The van der Waals surface area contributed by atoms with E-state index in [1.807, 2.05) is 30.3 Å². The van der Waals surface area contributed by atoms with E-state index in [0.29, 0.717) is 0 Å². The number of allylic oxidation sites excluding steroid dienone is 4. The van der Waals surface area contributed by atoms with E-state index >= 15 is 0 Å². The van der Waals surface area contributed by atoms with Gasteiger partial charge in [0.1, 0.15) is 0 Å². The largest absolute Gasteiger partial charge is 0.147 e. The molecule has 0 N–H and O–H groups in total. The summed E-state index contributed by atoms with van der Waals surface area (Å²) in [5.41, 5.74) is 4.59. The van der Waals surface area contributed by atoms with E-state index < -0.39 is 19.5 Å². The van der Waals surface area contributed by atoms with E-state index in [1.165, 1.54) is 20.6 Å². The molecule has 0 bridgehead atoms. The summed E-state index contributed by atoms with van der Waals surface area (Å²) in [4.78, 5) is 0. The van der Waals surface area contributed by atoms with Crippen molar-refractivity contribution in [1.82, 2.24) is 0 Å².